The minimum absolute atomic E-state index is 0.00856. The van der Waals surface area contributed by atoms with E-state index >= 15 is 0 Å². The molecule has 0 bridgehead atoms. The van der Waals surface area contributed by atoms with Gasteiger partial charge in [0, 0.05) is 17.3 Å². The van der Waals surface area contributed by atoms with Crippen LogP contribution in [0.2, 0.25) is 0 Å². The number of halogens is 3. The van der Waals surface area contributed by atoms with Crippen molar-refractivity contribution in [2.75, 3.05) is 0 Å². The zero-order chi connectivity index (χ0) is 10.2. The lowest BCUT2D eigenvalue weighted by Crippen LogP contribution is -2.09. The molecule has 1 aliphatic carbocycles. The number of benzene rings is 1. The van der Waals surface area contributed by atoms with E-state index in [1.165, 1.54) is 0 Å². The Kier molecular flexibility index (Phi) is 2.60. The lowest BCUT2D eigenvalue weighted by Gasteiger charge is -2.10. The molecule has 14 heavy (non-hydrogen) atoms. The Morgan fingerprint density at radius 2 is 1.86 bits per heavy atom. The van der Waals surface area contributed by atoms with Crippen molar-refractivity contribution in [3.05, 3.63) is 34.3 Å². The highest BCUT2D eigenvalue weighted by molar-refractivity contribution is 9.10. The van der Waals surface area contributed by atoms with Gasteiger partial charge < -0.3 is 0 Å². The molecule has 0 aliphatic heterocycles. The van der Waals surface area contributed by atoms with E-state index in [0.717, 1.165) is 10.0 Å². The van der Waals surface area contributed by atoms with E-state index in [1.54, 1.807) is 0 Å². The molecule has 1 atom stereocenters. The first-order valence-corrected chi connectivity index (χ1v) is 5.49. The topological polar surface area (TPSA) is 0 Å². The van der Waals surface area contributed by atoms with E-state index < -0.39 is 5.92 Å². The summed E-state index contributed by atoms with van der Waals surface area (Å²) in [5.41, 5.74) is 1.03. The van der Waals surface area contributed by atoms with Gasteiger partial charge in [-0.05, 0) is 30.0 Å². The van der Waals surface area contributed by atoms with Crippen molar-refractivity contribution in [3.8, 4) is 0 Å². The van der Waals surface area contributed by atoms with Crippen LogP contribution in [0.1, 0.15) is 30.7 Å². The summed E-state index contributed by atoms with van der Waals surface area (Å²) in [6, 6.07) is 7.67. The predicted molar refractivity (Wildman–Crippen MR) is 55.7 cm³/mol. The average Bonchev–Trinajstić information content (AvgIpc) is 2.47. The second-order valence-corrected chi connectivity index (χ2v) is 4.76. The molecule has 0 radical (unpaired) electrons. The lowest BCUT2D eigenvalue weighted by molar-refractivity contribution is 0.00777. The highest BCUT2D eigenvalue weighted by atomic mass is 79.9. The maximum atomic E-state index is 13.0. The average molecular weight is 261 g/mol. The quantitative estimate of drug-likeness (QED) is 0.704. The Morgan fingerprint density at radius 3 is 2.36 bits per heavy atom. The smallest absolute Gasteiger partial charge is 0.207 e. The van der Waals surface area contributed by atoms with Gasteiger partial charge in [0.25, 0.3) is 0 Å². The van der Waals surface area contributed by atoms with Gasteiger partial charge in [-0.15, -0.1) is 0 Å². The molecule has 0 N–H and O–H groups in total. The van der Waals surface area contributed by atoms with E-state index in [1.807, 2.05) is 24.3 Å². The molecule has 76 valence electrons. The summed E-state index contributed by atoms with van der Waals surface area (Å²) in [7, 11) is 0. The van der Waals surface area contributed by atoms with Crippen molar-refractivity contribution in [1.29, 1.82) is 0 Å². The van der Waals surface area contributed by atoms with E-state index in [4.69, 9.17) is 0 Å². The van der Waals surface area contributed by atoms with Crippen LogP contribution in [0.25, 0.3) is 0 Å². The Labute approximate surface area is 90.4 Å². The summed E-state index contributed by atoms with van der Waals surface area (Å²) in [6.07, 6.45) is 0.650. The first-order valence-electron chi connectivity index (χ1n) is 4.70. The van der Waals surface area contributed by atoms with Gasteiger partial charge in [-0.3, -0.25) is 0 Å². The van der Waals surface area contributed by atoms with Crippen LogP contribution in [0.5, 0.6) is 0 Å². The van der Waals surface area contributed by atoms with Gasteiger partial charge in [0.2, 0.25) is 5.92 Å². The van der Waals surface area contributed by atoms with Crippen molar-refractivity contribution >= 4 is 15.9 Å². The third-order valence-electron chi connectivity index (χ3n) is 2.75. The number of hydrogen-bond donors (Lipinski definition) is 0. The van der Waals surface area contributed by atoms with Crippen molar-refractivity contribution < 1.29 is 8.78 Å². The highest BCUT2D eigenvalue weighted by Gasteiger charge is 2.39. The van der Waals surface area contributed by atoms with Crippen LogP contribution in [-0.4, -0.2) is 5.92 Å². The molecule has 0 heterocycles. The first kappa shape index (κ1) is 10.1. The fourth-order valence-electron chi connectivity index (χ4n) is 1.97. The molecule has 0 unspecified atom stereocenters. The third-order valence-corrected chi connectivity index (χ3v) is 3.27. The SMILES string of the molecule is FC1(F)CC[C@H](c2ccc(Br)cc2)C1. The summed E-state index contributed by atoms with van der Waals surface area (Å²) in [5.74, 6) is -2.41. The van der Waals surface area contributed by atoms with Crippen LogP contribution in [-0.2, 0) is 0 Å². The fraction of sp³-hybridized carbons (Fsp3) is 0.455. The van der Waals surface area contributed by atoms with Crippen molar-refractivity contribution in [2.45, 2.75) is 31.1 Å². The van der Waals surface area contributed by atoms with E-state index in [-0.39, 0.29) is 18.8 Å². The standard InChI is InChI=1S/C11H11BrF2/c12-10-3-1-8(2-4-10)9-5-6-11(13,14)7-9/h1-4,9H,5-7H2/t9-/m0/s1. The summed E-state index contributed by atoms with van der Waals surface area (Å²) < 4.78 is 26.9. The summed E-state index contributed by atoms with van der Waals surface area (Å²) >= 11 is 3.33. The van der Waals surface area contributed by atoms with Crippen LogP contribution < -0.4 is 0 Å². The van der Waals surface area contributed by atoms with Gasteiger partial charge >= 0.3 is 0 Å². The summed E-state index contributed by atoms with van der Waals surface area (Å²) in [6.45, 7) is 0. The van der Waals surface area contributed by atoms with Crippen LogP contribution >= 0.6 is 15.9 Å². The maximum Gasteiger partial charge on any atom is 0.248 e. The summed E-state index contributed by atoms with van der Waals surface area (Å²) in [4.78, 5) is 0. The van der Waals surface area contributed by atoms with Crippen LogP contribution in [0, 0.1) is 0 Å². The van der Waals surface area contributed by atoms with Crippen LogP contribution in [0.4, 0.5) is 8.78 Å². The third kappa shape index (κ3) is 2.14. The van der Waals surface area contributed by atoms with Gasteiger partial charge in [0.15, 0.2) is 0 Å². The molecular weight excluding hydrogens is 250 g/mol. The number of rotatable bonds is 1. The Hall–Kier alpha value is -0.440. The molecule has 1 aliphatic rings. The summed E-state index contributed by atoms with van der Waals surface area (Å²) in [5, 5.41) is 0. The Balaban J connectivity index is 2.14. The minimum atomic E-state index is -2.45. The van der Waals surface area contributed by atoms with Crippen LogP contribution in [0.3, 0.4) is 0 Å². The van der Waals surface area contributed by atoms with Gasteiger partial charge in [-0.25, -0.2) is 8.78 Å². The zero-order valence-corrected chi connectivity index (χ0v) is 9.23. The van der Waals surface area contributed by atoms with Crippen molar-refractivity contribution in [1.82, 2.24) is 0 Å². The predicted octanol–water partition coefficient (Wildman–Crippen LogP) is 4.35. The van der Waals surface area contributed by atoms with Gasteiger partial charge in [-0.2, -0.15) is 0 Å². The second-order valence-electron chi connectivity index (χ2n) is 3.85. The monoisotopic (exact) mass is 260 g/mol. The number of alkyl halides is 2. The molecule has 3 heteroatoms. The van der Waals surface area contributed by atoms with Crippen molar-refractivity contribution in [2.24, 2.45) is 0 Å². The molecule has 0 amide bonds. The molecule has 1 aromatic carbocycles. The van der Waals surface area contributed by atoms with Gasteiger partial charge in [0.05, 0.1) is 0 Å². The van der Waals surface area contributed by atoms with E-state index in [0.29, 0.717) is 6.42 Å². The molecule has 1 fully saturated rings. The molecule has 0 spiro atoms. The molecule has 0 aromatic heterocycles. The molecule has 2 rings (SSSR count). The zero-order valence-electron chi connectivity index (χ0n) is 7.64. The molecule has 1 aromatic rings. The largest absolute Gasteiger partial charge is 0.248 e. The van der Waals surface area contributed by atoms with Crippen LogP contribution in [0.15, 0.2) is 28.7 Å². The highest BCUT2D eigenvalue weighted by Crippen LogP contribution is 2.44. The number of hydrogen-bond acceptors (Lipinski definition) is 0. The molecule has 1 saturated carbocycles. The van der Waals surface area contributed by atoms with Gasteiger partial charge in [0.1, 0.15) is 0 Å². The molecular formula is C11H11BrF2. The molecule has 0 nitrogen and oxygen atoms in total. The first-order chi connectivity index (χ1) is 6.57. The Bertz CT molecular complexity index is 319. The fourth-order valence-corrected chi connectivity index (χ4v) is 2.23. The Morgan fingerprint density at radius 1 is 1.21 bits per heavy atom. The van der Waals surface area contributed by atoms with E-state index in [2.05, 4.69) is 15.9 Å². The van der Waals surface area contributed by atoms with Crippen molar-refractivity contribution in [3.63, 3.8) is 0 Å². The minimum Gasteiger partial charge on any atom is -0.207 e. The normalized spacial score (nSPS) is 25.2. The second kappa shape index (κ2) is 3.61. The maximum absolute atomic E-state index is 13.0. The van der Waals surface area contributed by atoms with E-state index in [9.17, 15) is 8.78 Å². The lowest BCUT2D eigenvalue weighted by atomic mass is 9.98. The van der Waals surface area contributed by atoms with Gasteiger partial charge in [-0.1, -0.05) is 28.1 Å². The molecule has 0 saturated heterocycles.